The predicted molar refractivity (Wildman–Crippen MR) is 127 cm³/mol. The van der Waals surface area contributed by atoms with Crippen LogP contribution in [0.25, 0.3) is 0 Å². The Balaban J connectivity index is 1.43. The van der Waals surface area contributed by atoms with Gasteiger partial charge in [0.05, 0.1) is 27.9 Å². The van der Waals surface area contributed by atoms with Gasteiger partial charge in [-0.15, -0.1) is 0 Å². The fourth-order valence-corrected chi connectivity index (χ4v) is 4.91. The number of fused-ring (bicyclic) bond motifs is 3. The molecular formula is C27H28N2O4. The van der Waals surface area contributed by atoms with Crippen molar-refractivity contribution in [1.82, 2.24) is 4.90 Å². The maximum absolute atomic E-state index is 11.8. The van der Waals surface area contributed by atoms with E-state index in [4.69, 9.17) is 14.2 Å². The smallest absolute Gasteiger partial charge is 0.203 e. The van der Waals surface area contributed by atoms with E-state index in [-0.39, 0.29) is 0 Å². The normalized spacial score (nSPS) is 18.9. The van der Waals surface area contributed by atoms with Crippen molar-refractivity contribution in [2.75, 3.05) is 34.4 Å². The summed E-state index contributed by atoms with van der Waals surface area (Å²) in [6, 6.07) is 20.3. The number of methoxy groups -OCH3 is 3. The molecule has 0 bridgehead atoms. The average Bonchev–Trinajstić information content (AvgIpc) is 3.35. The van der Waals surface area contributed by atoms with Gasteiger partial charge in [-0.3, -0.25) is 4.99 Å². The van der Waals surface area contributed by atoms with Gasteiger partial charge in [-0.2, -0.15) is 0 Å². The molecule has 0 aromatic heterocycles. The highest BCUT2D eigenvalue weighted by atomic mass is 16.5. The van der Waals surface area contributed by atoms with Crippen molar-refractivity contribution < 1.29 is 19.3 Å². The number of hydrogen-bond donors (Lipinski definition) is 1. The summed E-state index contributed by atoms with van der Waals surface area (Å²) in [5.74, 6) is 2.75. The first-order valence-electron chi connectivity index (χ1n) is 11.1. The molecule has 0 spiro atoms. The second kappa shape index (κ2) is 8.45. The van der Waals surface area contributed by atoms with Gasteiger partial charge >= 0.3 is 0 Å². The zero-order valence-corrected chi connectivity index (χ0v) is 19.2. The Kier molecular flexibility index (Phi) is 5.46. The summed E-state index contributed by atoms with van der Waals surface area (Å²) in [5.41, 5.74) is 4.20. The van der Waals surface area contributed by atoms with Crippen molar-refractivity contribution in [3.63, 3.8) is 0 Å². The topological polar surface area (TPSA) is 63.5 Å². The largest absolute Gasteiger partial charge is 0.493 e. The van der Waals surface area contributed by atoms with Gasteiger partial charge in [0.1, 0.15) is 5.84 Å². The summed E-state index contributed by atoms with van der Waals surface area (Å²) in [6.07, 6.45) is 1.24. The summed E-state index contributed by atoms with van der Waals surface area (Å²) in [5, 5.41) is 11.8. The predicted octanol–water partition coefficient (Wildman–Crippen LogP) is 3.77. The molecule has 0 amide bonds. The number of nitrogens with zero attached hydrogens (tertiary/aromatic N) is 2. The highest BCUT2D eigenvalue weighted by Gasteiger charge is 2.44. The van der Waals surface area contributed by atoms with Crippen LogP contribution >= 0.6 is 0 Å². The van der Waals surface area contributed by atoms with Crippen LogP contribution in [0.4, 0.5) is 0 Å². The van der Waals surface area contributed by atoms with Crippen LogP contribution in [0.15, 0.2) is 65.7 Å². The van der Waals surface area contributed by atoms with Crippen molar-refractivity contribution in [3.05, 3.63) is 88.5 Å². The van der Waals surface area contributed by atoms with Gasteiger partial charge in [0.25, 0.3) is 0 Å². The van der Waals surface area contributed by atoms with Crippen molar-refractivity contribution in [3.8, 4) is 17.2 Å². The number of aliphatic hydroxyl groups is 1. The maximum atomic E-state index is 11.8. The van der Waals surface area contributed by atoms with E-state index in [2.05, 4.69) is 29.3 Å². The number of hydrogen-bond acceptors (Lipinski definition) is 6. The molecule has 0 saturated heterocycles. The highest BCUT2D eigenvalue weighted by molar-refractivity contribution is 6.02. The van der Waals surface area contributed by atoms with Gasteiger partial charge in [-0.05, 0) is 35.2 Å². The van der Waals surface area contributed by atoms with Crippen LogP contribution in [0.1, 0.15) is 27.8 Å². The Bertz CT molecular complexity index is 1180. The van der Waals surface area contributed by atoms with Gasteiger partial charge in [0, 0.05) is 24.1 Å². The molecule has 3 aromatic carbocycles. The van der Waals surface area contributed by atoms with E-state index in [1.54, 1.807) is 21.3 Å². The lowest BCUT2D eigenvalue weighted by Crippen LogP contribution is -2.53. The van der Waals surface area contributed by atoms with E-state index >= 15 is 0 Å². The number of amidine groups is 1. The van der Waals surface area contributed by atoms with Crippen LogP contribution in [-0.4, -0.2) is 50.3 Å². The summed E-state index contributed by atoms with van der Waals surface area (Å²) in [4.78, 5) is 6.73. The second-order valence-electron chi connectivity index (χ2n) is 8.41. The molecule has 33 heavy (non-hydrogen) atoms. The van der Waals surface area contributed by atoms with Gasteiger partial charge in [-0.1, -0.05) is 48.5 Å². The molecule has 1 atom stereocenters. The molecule has 5 rings (SSSR count). The molecule has 0 radical (unpaired) electrons. The molecule has 1 N–H and O–H groups in total. The standard InChI is InChI=1S/C27H28N2O4/c1-31-23-15-19(16-24(32-2)25(23)33-3)14-18-8-10-21(11-9-18)27(30)17-20-6-4-5-7-22(20)26-28-12-13-29(26)27/h4-11,15-16,30H,12-14,17H2,1-3H3. The molecule has 0 aliphatic carbocycles. The molecule has 2 aliphatic heterocycles. The monoisotopic (exact) mass is 444 g/mol. The van der Waals surface area contributed by atoms with Crippen LogP contribution in [-0.2, 0) is 18.6 Å². The zero-order valence-electron chi connectivity index (χ0n) is 19.2. The first-order chi connectivity index (χ1) is 16.1. The van der Waals surface area contributed by atoms with Crippen molar-refractivity contribution in [1.29, 1.82) is 0 Å². The third-order valence-electron chi connectivity index (χ3n) is 6.53. The lowest BCUT2D eigenvalue weighted by atomic mass is 9.86. The number of rotatable bonds is 6. The average molecular weight is 445 g/mol. The minimum absolute atomic E-state index is 0.536. The fraction of sp³-hybridized carbons (Fsp3) is 0.296. The van der Waals surface area contributed by atoms with Crippen molar-refractivity contribution in [2.45, 2.75) is 18.6 Å². The fourth-order valence-electron chi connectivity index (χ4n) is 4.91. The summed E-state index contributed by atoms with van der Waals surface area (Å²) in [6.45, 7) is 1.42. The van der Waals surface area contributed by atoms with Crippen LogP contribution in [0.2, 0.25) is 0 Å². The minimum atomic E-state index is -1.10. The van der Waals surface area contributed by atoms with E-state index in [0.717, 1.165) is 33.7 Å². The molecule has 0 fully saturated rings. The van der Waals surface area contributed by atoms with E-state index in [9.17, 15) is 5.11 Å². The molecule has 2 aliphatic rings. The third-order valence-corrected chi connectivity index (χ3v) is 6.53. The highest BCUT2D eigenvalue weighted by Crippen LogP contribution is 2.40. The Morgan fingerprint density at radius 2 is 1.61 bits per heavy atom. The van der Waals surface area contributed by atoms with Gasteiger partial charge < -0.3 is 24.2 Å². The first kappa shape index (κ1) is 21.3. The molecule has 2 heterocycles. The second-order valence-corrected chi connectivity index (χ2v) is 8.41. The Morgan fingerprint density at radius 3 is 2.27 bits per heavy atom. The SMILES string of the molecule is COc1cc(Cc2ccc(C3(O)Cc4ccccc4C4=NCCN43)cc2)cc(OC)c1OC. The minimum Gasteiger partial charge on any atom is -0.493 e. The quantitative estimate of drug-likeness (QED) is 0.627. The molecule has 3 aromatic rings. The number of benzene rings is 3. The lowest BCUT2D eigenvalue weighted by molar-refractivity contribution is -0.0745. The Labute approximate surface area is 194 Å². The van der Waals surface area contributed by atoms with Crippen LogP contribution < -0.4 is 14.2 Å². The van der Waals surface area contributed by atoms with Crippen molar-refractivity contribution >= 4 is 5.84 Å². The van der Waals surface area contributed by atoms with E-state index < -0.39 is 5.72 Å². The van der Waals surface area contributed by atoms with E-state index in [1.807, 2.05) is 41.3 Å². The maximum Gasteiger partial charge on any atom is 0.203 e. The van der Waals surface area contributed by atoms with E-state index in [1.165, 1.54) is 0 Å². The molecule has 1 unspecified atom stereocenters. The molecule has 0 saturated carbocycles. The summed E-state index contributed by atoms with van der Waals surface area (Å²) < 4.78 is 16.4. The third kappa shape index (κ3) is 3.60. The van der Waals surface area contributed by atoms with Crippen LogP contribution in [0, 0.1) is 0 Å². The Morgan fingerprint density at radius 1 is 0.909 bits per heavy atom. The van der Waals surface area contributed by atoms with Crippen LogP contribution in [0.5, 0.6) is 17.2 Å². The summed E-state index contributed by atoms with van der Waals surface area (Å²) >= 11 is 0. The molecule has 170 valence electrons. The zero-order chi connectivity index (χ0) is 23.0. The lowest BCUT2D eigenvalue weighted by Gasteiger charge is -2.43. The van der Waals surface area contributed by atoms with Gasteiger partial charge in [0.15, 0.2) is 17.2 Å². The molecular weight excluding hydrogens is 416 g/mol. The first-order valence-corrected chi connectivity index (χ1v) is 11.1. The number of ether oxygens (including phenoxy) is 3. The molecule has 6 nitrogen and oxygen atoms in total. The number of aliphatic imine (C=N–C) groups is 1. The Hall–Kier alpha value is -3.51. The molecule has 6 heteroatoms. The van der Waals surface area contributed by atoms with Gasteiger partial charge in [0.2, 0.25) is 5.75 Å². The van der Waals surface area contributed by atoms with E-state index in [0.29, 0.717) is 43.2 Å². The van der Waals surface area contributed by atoms with Gasteiger partial charge in [-0.25, -0.2) is 0 Å². The summed E-state index contributed by atoms with van der Waals surface area (Å²) in [7, 11) is 4.84. The van der Waals surface area contributed by atoms with Crippen LogP contribution in [0.3, 0.4) is 0 Å². The van der Waals surface area contributed by atoms with Crippen molar-refractivity contribution in [2.24, 2.45) is 4.99 Å².